The molecule has 3 aromatic carbocycles. The lowest BCUT2D eigenvalue weighted by Gasteiger charge is -2.10. The molecule has 28 heavy (non-hydrogen) atoms. The van der Waals surface area contributed by atoms with Gasteiger partial charge in [-0.3, -0.25) is 0 Å². The van der Waals surface area contributed by atoms with E-state index in [-0.39, 0.29) is 13.6 Å². The molecule has 0 amide bonds. The molecule has 0 saturated heterocycles. The van der Waals surface area contributed by atoms with E-state index in [2.05, 4.69) is 0 Å². The van der Waals surface area contributed by atoms with E-state index < -0.39 is 0 Å². The predicted molar refractivity (Wildman–Crippen MR) is 111 cm³/mol. The summed E-state index contributed by atoms with van der Waals surface area (Å²) in [5.74, 6) is 2.18. The predicted octanol–water partition coefficient (Wildman–Crippen LogP) is 6.00. The zero-order valence-electron chi connectivity index (χ0n) is 15.1. The highest BCUT2D eigenvalue weighted by molar-refractivity contribution is 6.30. The summed E-state index contributed by atoms with van der Waals surface area (Å²) < 4.78 is 22.1. The van der Waals surface area contributed by atoms with Gasteiger partial charge in [0.2, 0.25) is 6.79 Å². The van der Waals surface area contributed by atoms with Crippen molar-refractivity contribution in [3.8, 4) is 17.2 Å². The van der Waals surface area contributed by atoms with Crippen molar-refractivity contribution in [3.05, 3.63) is 88.4 Å². The van der Waals surface area contributed by atoms with Gasteiger partial charge in [0.15, 0.2) is 6.79 Å². The minimum Gasteiger partial charge on any atom is -0.468 e. The Hall–Kier alpha value is -2.40. The fourth-order valence-electron chi connectivity index (χ4n) is 2.34. The van der Waals surface area contributed by atoms with Gasteiger partial charge in [0, 0.05) is 10.0 Å². The summed E-state index contributed by atoms with van der Waals surface area (Å²) in [6, 6.07) is 22.1. The van der Waals surface area contributed by atoms with Gasteiger partial charge in [0.05, 0.1) is 6.61 Å². The summed E-state index contributed by atoms with van der Waals surface area (Å²) >= 11 is 11.7. The molecule has 0 N–H and O–H groups in total. The van der Waals surface area contributed by atoms with E-state index in [1.165, 1.54) is 0 Å². The summed E-state index contributed by atoms with van der Waals surface area (Å²) in [7, 11) is 0. The van der Waals surface area contributed by atoms with Gasteiger partial charge in [-0.2, -0.15) is 0 Å². The second-order valence-electron chi connectivity index (χ2n) is 5.88. The molecule has 0 spiro atoms. The molecule has 0 bridgehead atoms. The third-order valence-corrected chi connectivity index (χ3v) is 4.35. The van der Waals surface area contributed by atoms with Crippen LogP contribution in [0.4, 0.5) is 0 Å². The molecular formula is C22H20Cl2O4. The molecule has 3 aromatic rings. The van der Waals surface area contributed by atoms with Crippen molar-refractivity contribution < 1.29 is 18.9 Å². The smallest absolute Gasteiger partial charge is 0.230 e. The minimum absolute atomic E-state index is 0.131. The van der Waals surface area contributed by atoms with E-state index in [0.29, 0.717) is 22.4 Å². The average Bonchev–Trinajstić information content (AvgIpc) is 2.72. The second kappa shape index (κ2) is 10.8. The number of rotatable bonds is 10. The fraction of sp³-hybridized carbons (Fsp3) is 0.182. The molecule has 0 aliphatic rings. The molecule has 0 atom stereocenters. The van der Waals surface area contributed by atoms with E-state index in [0.717, 1.165) is 23.5 Å². The first-order chi connectivity index (χ1) is 13.7. The Morgan fingerprint density at radius 3 is 1.46 bits per heavy atom. The van der Waals surface area contributed by atoms with Crippen molar-refractivity contribution in [1.82, 2.24) is 0 Å². The molecule has 0 fully saturated rings. The number of hydrogen-bond acceptors (Lipinski definition) is 4. The zero-order chi connectivity index (χ0) is 19.6. The van der Waals surface area contributed by atoms with Crippen LogP contribution in [0.2, 0.25) is 10.0 Å². The van der Waals surface area contributed by atoms with Gasteiger partial charge in [-0.1, -0.05) is 35.3 Å². The topological polar surface area (TPSA) is 36.9 Å². The fourth-order valence-corrected chi connectivity index (χ4v) is 2.59. The van der Waals surface area contributed by atoms with E-state index in [9.17, 15) is 0 Å². The maximum atomic E-state index is 5.84. The molecule has 3 rings (SSSR count). The summed E-state index contributed by atoms with van der Waals surface area (Å²) in [4.78, 5) is 0. The van der Waals surface area contributed by atoms with Crippen LogP contribution in [0.3, 0.4) is 0 Å². The molecule has 4 nitrogen and oxygen atoms in total. The normalized spacial score (nSPS) is 10.5. The lowest BCUT2D eigenvalue weighted by Crippen LogP contribution is -2.06. The van der Waals surface area contributed by atoms with Gasteiger partial charge in [-0.05, 0) is 72.6 Å². The number of ether oxygens (including phenoxy) is 4. The van der Waals surface area contributed by atoms with Gasteiger partial charge >= 0.3 is 0 Å². The van der Waals surface area contributed by atoms with Gasteiger partial charge in [0.25, 0.3) is 0 Å². The van der Waals surface area contributed by atoms with Gasteiger partial charge < -0.3 is 18.9 Å². The maximum absolute atomic E-state index is 5.84. The lowest BCUT2D eigenvalue weighted by atomic mass is 10.1. The number of benzene rings is 3. The molecule has 0 aliphatic heterocycles. The van der Waals surface area contributed by atoms with Crippen LogP contribution in [-0.2, 0) is 11.2 Å². The summed E-state index contributed by atoms with van der Waals surface area (Å²) in [6.07, 6.45) is 0.783. The van der Waals surface area contributed by atoms with Crippen LogP contribution in [-0.4, -0.2) is 20.2 Å². The Morgan fingerprint density at radius 1 is 0.536 bits per heavy atom. The second-order valence-corrected chi connectivity index (χ2v) is 6.75. The number of halogens is 2. The van der Waals surface area contributed by atoms with Crippen molar-refractivity contribution in [2.75, 3.05) is 20.2 Å². The lowest BCUT2D eigenvalue weighted by molar-refractivity contribution is 0.0169. The number of hydrogen-bond donors (Lipinski definition) is 0. The minimum atomic E-state index is 0.131. The molecule has 6 heteroatoms. The third kappa shape index (κ3) is 6.97. The van der Waals surface area contributed by atoms with Crippen LogP contribution in [0.1, 0.15) is 5.56 Å². The summed E-state index contributed by atoms with van der Waals surface area (Å²) in [6.45, 7) is 0.893. The average molecular weight is 419 g/mol. The Kier molecular flexibility index (Phi) is 7.85. The summed E-state index contributed by atoms with van der Waals surface area (Å²) in [5, 5.41) is 1.35. The first-order valence-electron chi connectivity index (χ1n) is 8.75. The molecule has 0 unspecified atom stereocenters. The standard InChI is InChI=1S/C22H20Cl2O4/c23-18-3-9-21(10-4-18)26-15-25-14-13-17-1-7-20(8-2-17)27-16-28-22-11-5-19(24)6-12-22/h1-12H,13-16H2. The molecule has 0 radical (unpaired) electrons. The molecule has 0 aromatic heterocycles. The summed E-state index contributed by atoms with van der Waals surface area (Å²) in [5.41, 5.74) is 1.15. The first kappa shape index (κ1) is 20.3. The van der Waals surface area contributed by atoms with Crippen LogP contribution >= 0.6 is 23.2 Å². The van der Waals surface area contributed by atoms with Crippen molar-refractivity contribution in [2.24, 2.45) is 0 Å². The van der Waals surface area contributed by atoms with E-state index >= 15 is 0 Å². The van der Waals surface area contributed by atoms with Crippen molar-refractivity contribution >= 4 is 23.2 Å². The molecule has 0 heterocycles. The maximum Gasteiger partial charge on any atom is 0.230 e. The van der Waals surface area contributed by atoms with Crippen molar-refractivity contribution in [1.29, 1.82) is 0 Å². The molecule has 0 saturated carbocycles. The van der Waals surface area contributed by atoms with E-state index in [1.54, 1.807) is 48.5 Å². The SMILES string of the molecule is Clc1ccc(OCOCCc2ccc(OCOc3ccc(Cl)cc3)cc2)cc1. The zero-order valence-corrected chi connectivity index (χ0v) is 16.7. The highest BCUT2D eigenvalue weighted by atomic mass is 35.5. The van der Waals surface area contributed by atoms with Crippen molar-refractivity contribution in [3.63, 3.8) is 0 Å². The Balaban J connectivity index is 1.31. The van der Waals surface area contributed by atoms with Gasteiger partial charge in [0.1, 0.15) is 17.2 Å². The van der Waals surface area contributed by atoms with E-state index in [1.807, 2.05) is 24.3 Å². The largest absolute Gasteiger partial charge is 0.468 e. The molecule has 0 aliphatic carbocycles. The highest BCUT2D eigenvalue weighted by Gasteiger charge is 1.99. The third-order valence-electron chi connectivity index (χ3n) is 3.85. The van der Waals surface area contributed by atoms with Crippen molar-refractivity contribution in [2.45, 2.75) is 6.42 Å². The molecular weight excluding hydrogens is 399 g/mol. The quantitative estimate of drug-likeness (QED) is 0.298. The Morgan fingerprint density at radius 2 is 0.964 bits per heavy atom. The molecule has 146 valence electrons. The van der Waals surface area contributed by atoms with Gasteiger partial charge in [-0.15, -0.1) is 0 Å². The van der Waals surface area contributed by atoms with Crippen LogP contribution in [0, 0.1) is 0 Å². The Bertz CT molecular complexity index is 834. The van der Waals surface area contributed by atoms with Crippen LogP contribution in [0.15, 0.2) is 72.8 Å². The van der Waals surface area contributed by atoms with E-state index in [4.69, 9.17) is 42.1 Å². The highest BCUT2D eigenvalue weighted by Crippen LogP contribution is 2.17. The van der Waals surface area contributed by atoms with Crippen LogP contribution in [0.5, 0.6) is 17.2 Å². The first-order valence-corrected chi connectivity index (χ1v) is 9.51. The van der Waals surface area contributed by atoms with Crippen LogP contribution < -0.4 is 14.2 Å². The monoisotopic (exact) mass is 418 g/mol. The Labute approximate surface area is 174 Å². The van der Waals surface area contributed by atoms with Gasteiger partial charge in [-0.25, -0.2) is 0 Å². The van der Waals surface area contributed by atoms with Crippen LogP contribution in [0.25, 0.3) is 0 Å².